The van der Waals surface area contributed by atoms with E-state index in [0.29, 0.717) is 19.7 Å². The van der Waals surface area contributed by atoms with E-state index in [1.54, 1.807) is 0 Å². The van der Waals surface area contributed by atoms with Crippen LogP contribution in [0.15, 0.2) is 48.5 Å². The average molecular weight is 363 g/mol. The first kappa shape index (κ1) is 19.2. The van der Waals surface area contributed by atoms with Crippen LogP contribution in [0.5, 0.6) is 11.5 Å². The van der Waals surface area contributed by atoms with Crippen LogP contribution in [0.1, 0.15) is 11.1 Å². The van der Waals surface area contributed by atoms with E-state index in [1.807, 2.05) is 55.5 Å². The van der Waals surface area contributed by atoms with Crippen LogP contribution in [0.4, 0.5) is 0 Å². The number of aryl methyl sites for hydroxylation is 1. The van der Waals surface area contributed by atoms with E-state index in [0.717, 1.165) is 29.2 Å². The maximum absolute atomic E-state index is 12.2. The van der Waals surface area contributed by atoms with Crippen LogP contribution in [0.3, 0.4) is 0 Å². The van der Waals surface area contributed by atoms with Gasteiger partial charge in [-0.25, -0.2) is 0 Å². The number of ether oxygens (including phenoxy) is 2. The highest BCUT2D eigenvalue weighted by atomic mass is 35.5. The number of morpholine rings is 1. The Hall–Kier alpha value is -2.08. The van der Waals surface area contributed by atoms with Gasteiger partial charge in [-0.2, -0.15) is 0 Å². The van der Waals surface area contributed by atoms with Gasteiger partial charge in [0, 0.05) is 25.2 Å². The third-order valence-corrected chi connectivity index (χ3v) is 3.86. The molecule has 1 saturated heterocycles. The zero-order chi connectivity index (χ0) is 16.8. The first-order chi connectivity index (χ1) is 11.7. The number of carbonyl (C=O) groups excluding carboxylic acids is 1. The SMILES string of the molecule is Cc1cccc(Oc2ccccc2CNC(=O)C2CNCCO2)c1.Cl. The van der Waals surface area contributed by atoms with Gasteiger partial charge in [-0.3, -0.25) is 4.79 Å². The van der Waals surface area contributed by atoms with Crippen molar-refractivity contribution in [1.29, 1.82) is 0 Å². The quantitative estimate of drug-likeness (QED) is 0.858. The van der Waals surface area contributed by atoms with Crippen LogP contribution < -0.4 is 15.4 Å². The smallest absolute Gasteiger partial charge is 0.250 e. The first-order valence-electron chi connectivity index (χ1n) is 8.15. The summed E-state index contributed by atoms with van der Waals surface area (Å²) >= 11 is 0. The molecule has 0 aliphatic carbocycles. The van der Waals surface area contributed by atoms with Crippen molar-refractivity contribution in [3.05, 3.63) is 59.7 Å². The molecule has 2 aromatic carbocycles. The lowest BCUT2D eigenvalue weighted by atomic mass is 10.2. The molecule has 3 rings (SSSR count). The number of nitrogens with one attached hydrogen (secondary N) is 2. The predicted octanol–water partition coefficient (Wildman–Crippen LogP) is 2.81. The lowest BCUT2D eigenvalue weighted by Gasteiger charge is -2.23. The Morgan fingerprint density at radius 1 is 1.28 bits per heavy atom. The van der Waals surface area contributed by atoms with E-state index in [1.165, 1.54) is 0 Å². The topological polar surface area (TPSA) is 59.6 Å². The van der Waals surface area contributed by atoms with Gasteiger partial charge in [0.1, 0.15) is 17.6 Å². The molecule has 2 aromatic rings. The van der Waals surface area contributed by atoms with Gasteiger partial charge in [0.2, 0.25) is 0 Å². The number of para-hydroxylation sites is 1. The Bertz CT molecular complexity index is 703. The van der Waals surface area contributed by atoms with Gasteiger partial charge in [0.15, 0.2) is 0 Å². The summed E-state index contributed by atoms with van der Waals surface area (Å²) in [7, 11) is 0. The molecule has 25 heavy (non-hydrogen) atoms. The van der Waals surface area contributed by atoms with Crippen LogP contribution in [-0.2, 0) is 16.1 Å². The molecule has 1 fully saturated rings. The van der Waals surface area contributed by atoms with Gasteiger partial charge in [0.25, 0.3) is 5.91 Å². The lowest BCUT2D eigenvalue weighted by molar-refractivity contribution is -0.134. The zero-order valence-electron chi connectivity index (χ0n) is 14.2. The molecule has 2 N–H and O–H groups in total. The number of halogens is 1. The fraction of sp³-hybridized carbons (Fsp3) is 0.316. The van der Waals surface area contributed by atoms with Crippen molar-refractivity contribution in [2.45, 2.75) is 19.6 Å². The zero-order valence-corrected chi connectivity index (χ0v) is 15.0. The van der Waals surface area contributed by atoms with Gasteiger partial charge in [-0.1, -0.05) is 30.3 Å². The highest BCUT2D eigenvalue weighted by Gasteiger charge is 2.21. The minimum absolute atomic E-state index is 0. The standard InChI is InChI=1S/C19H22N2O3.ClH/c1-14-5-4-7-16(11-14)24-17-8-3-2-6-15(17)12-21-19(22)18-13-20-9-10-23-18;/h2-8,11,18,20H,9-10,12-13H2,1H3,(H,21,22);1H. The van der Waals surface area contributed by atoms with Gasteiger partial charge in [-0.05, 0) is 30.7 Å². The predicted molar refractivity (Wildman–Crippen MR) is 99.4 cm³/mol. The largest absolute Gasteiger partial charge is 0.457 e. The Morgan fingerprint density at radius 2 is 2.12 bits per heavy atom. The Balaban J connectivity index is 0.00000225. The molecule has 1 heterocycles. The van der Waals surface area contributed by atoms with Crippen molar-refractivity contribution in [3.8, 4) is 11.5 Å². The summed E-state index contributed by atoms with van der Waals surface area (Å²) in [5.41, 5.74) is 2.07. The maximum Gasteiger partial charge on any atom is 0.250 e. The average Bonchev–Trinajstić information content (AvgIpc) is 2.61. The van der Waals surface area contributed by atoms with E-state index in [2.05, 4.69) is 10.6 Å². The fourth-order valence-corrected chi connectivity index (χ4v) is 2.59. The minimum Gasteiger partial charge on any atom is -0.457 e. The minimum atomic E-state index is -0.427. The highest BCUT2D eigenvalue weighted by Crippen LogP contribution is 2.25. The lowest BCUT2D eigenvalue weighted by Crippen LogP contribution is -2.47. The Kier molecular flexibility index (Phi) is 7.25. The molecule has 0 saturated carbocycles. The van der Waals surface area contributed by atoms with Crippen LogP contribution >= 0.6 is 12.4 Å². The Morgan fingerprint density at radius 3 is 2.88 bits per heavy atom. The summed E-state index contributed by atoms with van der Waals surface area (Å²) in [4.78, 5) is 12.2. The summed E-state index contributed by atoms with van der Waals surface area (Å²) in [5, 5.41) is 6.08. The van der Waals surface area contributed by atoms with Crippen molar-refractivity contribution >= 4 is 18.3 Å². The summed E-state index contributed by atoms with van der Waals surface area (Å²) in [6.07, 6.45) is -0.427. The molecule has 0 bridgehead atoms. The molecule has 1 amide bonds. The van der Waals surface area contributed by atoms with Crippen LogP contribution in [0.2, 0.25) is 0 Å². The highest BCUT2D eigenvalue weighted by molar-refractivity contribution is 5.85. The summed E-state index contributed by atoms with van der Waals surface area (Å²) in [6, 6.07) is 15.6. The number of benzene rings is 2. The van der Waals surface area contributed by atoms with Gasteiger partial charge in [-0.15, -0.1) is 12.4 Å². The number of amides is 1. The van der Waals surface area contributed by atoms with Crippen LogP contribution in [0.25, 0.3) is 0 Å². The van der Waals surface area contributed by atoms with Gasteiger partial charge < -0.3 is 20.1 Å². The fourth-order valence-electron chi connectivity index (χ4n) is 2.59. The number of hydrogen-bond donors (Lipinski definition) is 2. The molecule has 6 heteroatoms. The van der Waals surface area contributed by atoms with E-state index < -0.39 is 6.10 Å². The Labute approximate surface area is 154 Å². The van der Waals surface area contributed by atoms with Crippen molar-refractivity contribution in [2.24, 2.45) is 0 Å². The first-order valence-corrected chi connectivity index (χ1v) is 8.15. The van der Waals surface area contributed by atoms with Gasteiger partial charge >= 0.3 is 0 Å². The second kappa shape index (κ2) is 9.42. The van der Waals surface area contributed by atoms with Crippen molar-refractivity contribution in [1.82, 2.24) is 10.6 Å². The third kappa shape index (κ3) is 5.46. The molecule has 0 aromatic heterocycles. The number of carbonyl (C=O) groups is 1. The second-order valence-electron chi connectivity index (χ2n) is 5.81. The molecule has 1 unspecified atom stereocenters. The van der Waals surface area contributed by atoms with E-state index in [9.17, 15) is 4.79 Å². The maximum atomic E-state index is 12.2. The summed E-state index contributed by atoms with van der Waals surface area (Å²) in [6.45, 7) is 4.33. The molecule has 5 nitrogen and oxygen atoms in total. The normalized spacial score (nSPS) is 16.6. The van der Waals surface area contributed by atoms with E-state index in [4.69, 9.17) is 9.47 Å². The molecule has 1 aliphatic heterocycles. The summed E-state index contributed by atoms with van der Waals surface area (Å²) < 4.78 is 11.4. The van der Waals surface area contributed by atoms with E-state index in [-0.39, 0.29) is 18.3 Å². The van der Waals surface area contributed by atoms with E-state index >= 15 is 0 Å². The van der Waals surface area contributed by atoms with Crippen LogP contribution in [0, 0.1) is 6.92 Å². The van der Waals surface area contributed by atoms with Crippen LogP contribution in [-0.4, -0.2) is 31.7 Å². The molecule has 1 atom stereocenters. The molecule has 134 valence electrons. The molecule has 0 spiro atoms. The second-order valence-corrected chi connectivity index (χ2v) is 5.81. The molecular formula is C19H23ClN2O3. The monoisotopic (exact) mass is 362 g/mol. The van der Waals surface area contributed by atoms with Crippen molar-refractivity contribution in [2.75, 3.05) is 19.7 Å². The molecular weight excluding hydrogens is 340 g/mol. The summed E-state index contributed by atoms with van der Waals surface area (Å²) in [5.74, 6) is 1.42. The molecule has 1 aliphatic rings. The number of rotatable bonds is 5. The number of hydrogen-bond acceptors (Lipinski definition) is 4. The van der Waals surface area contributed by atoms with Crippen molar-refractivity contribution < 1.29 is 14.3 Å². The van der Waals surface area contributed by atoms with Crippen molar-refractivity contribution in [3.63, 3.8) is 0 Å². The third-order valence-electron chi connectivity index (χ3n) is 3.86. The molecule has 0 radical (unpaired) electrons. The van der Waals surface area contributed by atoms with Gasteiger partial charge in [0.05, 0.1) is 6.61 Å².